The number of rotatable bonds is 3. The summed E-state index contributed by atoms with van der Waals surface area (Å²) in [6, 6.07) is 0. The molecular formula is C3H12NNa2O4P. The monoisotopic (exact) mass is 203 g/mol. The Balaban J connectivity index is -0.000000320. The first-order chi connectivity index (χ1) is 3.92. The van der Waals surface area contributed by atoms with Crippen molar-refractivity contribution in [2.24, 2.45) is 0 Å². The molecule has 1 unspecified atom stereocenters. The maximum absolute atomic E-state index is 10.1. The van der Waals surface area contributed by atoms with Crippen LogP contribution in [0.4, 0.5) is 0 Å². The van der Waals surface area contributed by atoms with Gasteiger partial charge in [-0.3, -0.25) is 9.88 Å². The van der Waals surface area contributed by atoms with Crippen molar-refractivity contribution < 1.29 is 19.5 Å². The topological polar surface area (TPSA) is 89.8 Å². The summed E-state index contributed by atoms with van der Waals surface area (Å²) in [6.45, 7) is 1.38. The van der Waals surface area contributed by atoms with E-state index in [2.05, 4.69) is 5.32 Å². The first kappa shape index (κ1) is 18.8. The fraction of sp³-hybridized carbons (Fsp3) is 1.00. The average molecular weight is 203 g/mol. The summed E-state index contributed by atoms with van der Waals surface area (Å²) in [7, 11) is -3.99. The fourth-order valence-corrected chi connectivity index (χ4v) is 0.753. The van der Waals surface area contributed by atoms with Crippen LogP contribution in [0.1, 0.15) is 6.92 Å². The van der Waals surface area contributed by atoms with Crippen molar-refractivity contribution in [3.8, 4) is 0 Å². The van der Waals surface area contributed by atoms with Crippen molar-refractivity contribution in [1.29, 1.82) is 0 Å². The van der Waals surface area contributed by atoms with Crippen LogP contribution >= 0.6 is 7.60 Å². The molecule has 0 aromatic heterocycles. The average Bonchev–Trinajstić information content (AvgIpc) is 1.59. The van der Waals surface area contributed by atoms with Crippen molar-refractivity contribution >= 4 is 66.7 Å². The molecule has 0 saturated heterocycles. The van der Waals surface area contributed by atoms with E-state index >= 15 is 0 Å². The zero-order chi connectivity index (χ0) is 7.49. The van der Waals surface area contributed by atoms with E-state index in [1.165, 1.54) is 6.92 Å². The Kier molecular flexibility index (Phi) is 14.8. The quantitative estimate of drug-likeness (QED) is 0.236. The number of hydrogen-bond donors (Lipinski definition) is 4. The molecule has 0 bridgehead atoms. The first-order valence-electron chi connectivity index (χ1n) is 2.38. The number of aliphatic hydroxyl groups excluding tert-OH is 1. The molecule has 0 radical (unpaired) electrons. The third-order valence-corrected chi connectivity index (χ3v) is 1.19. The van der Waals surface area contributed by atoms with Gasteiger partial charge in [-0.1, -0.05) is 0 Å². The van der Waals surface area contributed by atoms with Gasteiger partial charge in [-0.05, 0) is 6.92 Å². The Labute approximate surface area is 110 Å². The summed E-state index contributed by atoms with van der Waals surface area (Å²) in [5.74, 6) is 0. The van der Waals surface area contributed by atoms with Crippen molar-refractivity contribution in [2.75, 3.05) is 6.29 Å². The minimum absolute atomic E-state index is 0. The summed E-state index contributed by atoms with van der Waals surface area (Å²) < 4.78 is 10.1. The Morgan fingerprint density at radius 2 is 1.82 bits per heavy atom. The van der Waals surface area contributed by atoms with Gasteiger partial charge in [0.15, 0.2) is 0 Å². The molecule has 0 aromatic carbocycles. The van der Waals surface area contributed by atoms with Crippen molar-refractivity contribution in [2.45, 2.75) is 13.2 Å². The van der Waals surface area contributed by atoms with Gasteiger partial charge < -0.3 is 14.9 Å². The van der Waals surface area contributed by atoms with Gasteiger partial charge in [-0.15, -0.1) is 0 Å². The Morgan fingerprint density at radius 1 is 1.45 bits per heavy atom. The van der Waals surface area contributed by atoms with E-state index in [9.17, 15) is 4.57 Å². The van der Waals surface area contributed by atoms with Gasteiger partial charge in [0, 0.05) is 0 Å². The minimum atomic E-state index is -3.99. The molecule has 0 aliphatic rings. The molecule has 0 fully saturated rings. The zero-order valence-corrected chi connectivity index (χ0v) is 5.88. The zero-order valence-electron chi connectivity index (χ0n) is 4.98. The number of aliphatic hydroxyl groups is 1. The predicted molar refractivity (Wildman–Crippen MR) is 46.0 cm³/mol. The molecule has 4 N–H and O–H groups in total. The summed E-state index contributed by atoms with van der Waals surface area (Å²) in [5.41, 5.74) is 0. The van der Waals surface area contributed by atoms with E-state index in [0.29, 0.717) is 0 Å². The molecular weight excluding hydrogens is 191 g/mol. The van der Waals surface area contributed by atoms with Gasteiger partial charge in [0.2, 0.25) is 0 Å². The Morgan fingerprint density at radius 3 is 1.91 bits per heavy atom. The van der Waals surface area contributed by atoms with Crippen LogP contribution < -0.4 is 5.32 Å². The molecule has 0 aromatic rings. The molecule has 0 rings (SSSR count). The maximum atomic E-state index is 10.1. The van der Waals surface area contributed by atoms with E-state index in [-0.39, 0.29) is 59.1 Å². The summed E-state index contributed by atoms with van der Waals surface area (Å²) in [4.78, 5) is 16.4. The van der Waals surface area contributed by atoms with Gasteiger partial charge in [-0.25, -0.2) is 0 Å². The second kappa shape index (κ2) is 8.66. The predicted octanol–water partition coefficient (Wildman–Crippen LogP) is -2.25. The van der Waals surface area contributed by atoms with Gasteiger partial charge >= 0.3 is 66.7 Å². The van der Waals surface area contributed by atoms with Crippen LogP contribution in [0.5, 0.6) is 0 Å². The van der Waals surface area contributed by atoms with Crippen LogP contribution in [-0.2, 0) is 4.57 Å². The van der Waals surface area contributed by atoms with Gasteiger partial charge in [0.25, 0.3) is 0 Å². The molecule has 8 heteroatoms. The van der Waals surface area contributed by atoms with Crippen LogP contribution in [0.3, 0.4) is 0 Å². The molecule has 0 spiro atoms. The Bertz CT molecular complexity index is 127. The van der Waals surface area contributed by atoms with Gasteiger partial charge in [0.05, 0.1) is 0 Å². The molecule has 0 amide bonds. The van der Waals surface area contributed by atoms with E-state index in [0.717, 1.165) is 0 Å². The summed E-state index contributed by atoms with van der Waals surface area (Å²) >= 11 is 0. The molecule has 0 aliphatic heterocycles. The molecule has 11 heavy (non-hydrogen) atoms. The van der Waals surface area contributed by atoms with Crippen LogP contribution in [0, 0.1) is 0 Å². The van der Waals surface area contributed by atoms with E-state index in [1.54, 1.807) is 0 Å². The summed E-state index contributed by atoms with van der Waals surface area (Å²) in [6.07, 6.45) is -1.36. The third-order valence-electron chi connectivity index (χ3n) is 0.593. The van der Waals surface area contributed by atoms with Crippen LogP contribution in [0.15, 0.2) is 0 Å². The first-order valence-corrected chi connectivity index (χ1v) is 4.17. The molecule has 0 saturated carbocycles. The number of nitrogens with one attached hydrogen (secondary N) is 1. The van der Waals surface area contributed by atoms with Crippen molar-refractivity contribution in [3.63, 3.8) is 0 Å². The van der Waals surface area contributed by atoms with E-state index < -0.39 is 20.1 Å². The van der Waals surface area contributed by atoms with Crippen LogP contribution in [-0.4, -0.2) is 86.5 Å². The van der Waals surface area contributed by atoms with Gasteiger partial charge in [0.1, 0.15) is 12.5 Å². The molecule has 5 nitrogen and oxygen atoms in total. The summed E-state index contributed by atoms with van der Waals surface area (Å²) in [5, 5.41) is 10.6. The standard InChI is InChI=1S/C3H10NO4P.2Na.2H/c1-3(5)4-2-9(6,7)8;;;;/h3-5H,2H2,1H3,(H2,6,7,8);;;;. The normalized spacial score (nSPS) is 12.7. The molecule has 0 aliphatic carbocycles. The van der Waals surface area contributed by atoms with E-state index in [4.69, 9.17) is 14.9 Å². The number of hydrogen-bond acceptors (Lipinski definition) is 3. The molecule has 1 atom stereocenters. The molecule has 60 valence electrons. The van der Waals surface area contributed by atoms with E-state index in [1.807, 2.05) is 0 Å². The van der Waals surface area contributed by atoms with Crippen molar-refractivity contribution in [3.05, 3.63) is 0 Å². The third kappa shape index (κ3) is 18.8. The molecule has 0 heterocycles. The van der Waals surface area contributed by atoms with Crippen LogP contribution in [0.25, 0.3) is 0 Å². The Hall–Kier alpha value is 2.07. The second-order valence-corrected chi connectivity index (χ2v) is 3.35. The fourth-order valence-electron chi connectivity index (χ4n) is 0.251. The van der Waals surface area contributed by atoms with Gasteiger partial charge in [-0.2, -0.15) is 0 Å². The second-order valence-electron chi connectivity index (χ2n) is 1.70. The SMILES string of the molecule is CC(O)NCP(=O)(O)O.[NaH].[NaH]. The van der Waals surface area contributed by atoms with Crippen molar-refractivity contribution in [1.82, 2.24) is 5.32 Å². The van der Waals surface area contributed by atoms with Crippen LogP contribution in [0.2, 0.25) is 0 Å².